The summed E-state index contributed by atoms with van der Waals surface area (Å²) in [6.07, 6.45) is 4.57. The molecule has 0 bridgehead atoms. The number of nitrogens with zero attached hydrogens (tertiary/aromatic N) is 2. The van der Waals surface area contributed by atoms with Crippen LogP contribution >= 0.6 is 23.1 Å². The highest BCUT2D eigenvalue weighted by Crippen LogP contribution is 2.39. The highest BCUT2D eigenvalue weighted by Gasteiger charge is 2.21. The van der Waals surface area contributed by atoms with Crippen molar-refractivity contribution in [3.05, 3.63) is 16.3 Å². The first-order valence-corrected chi connectivity index (χ1v) is 10.7. The van der Waals surface area contributed by atoms with Crippen molar-refractivity contribution in [2.24, 2.45) is 5.92 Å². The Hall–Kier alpha value is -1.67. The maximum Gasteiger partial charge on any atom is 0.321 e. The molecule has 0 fully saturated rings. The molecule has 140 valence electrons. The van der Waals surface area contributed by atoms with Crippen LogP contribution in [-0.2, 0) is 17.6 Å². The number of imide groups is 1. The number of aromatic nitrogens is 2. The zero-order chi connectivity index (χ0) is 18.7. The van der Waals surface area contributed by atoms with Gasteiger partial charge >= 0.3 is 6.03 Å². The number of carbonyl (C=O) groups excluding carboxylic acids is 2. The van der Waals surface area contributed by atoms with E-state index in [1.807, 2.05) is 20.8 Å². The molecule has 0 atom stereocenters. The SMILES string of the molecule is Cc1nc(SCC(=O)NC(=O)NCC(C)C)c2c3c(sc2n1)CCCC3. The molecule has 26 heavy (non-hydrogen) atoms. The summed E-state index contributed by atoms with van der Waals surface area (Å²) in [6.45, 7) is 6.42. The molecule has 0 unspecified atom stereocenters. The third-order valence-electron chi connectivity index (χ3n) is 4.16. The maximum atomic E-state index is 12.1. The Bertz CT molecular complexity index is 832. The van der Waals surface area contributed by atoms with Gasteiger partial charge in [-0.3, -0.25) is 10.1 Å². The van der Waals surface area contributed by atoms with Crippen LogP contribution in [0.1, 0.15) is 43.0 Å². The number of thiophene rings is 1. The lowest BCUT2D eigenvalue weighted by molar-refractivity contribution is -0.117. The van der Waals surface area contributed by atoms with Crippen LogP contribution in [0.3, 0.4) is 0 Å². The maximum absolute atomic E-state index is 12.1. The minimum atomic E-state index is -0.443. The largest absolute Gasteiger partial charge is 0.338 e. The van der Waals surface area contributed by atoms with Crippen molar-refractivity contribution >= 4 is 45.3 Å². The molecule has 0 aromatic carbocycles. The van der Waals surface area contributed by atoms with Crippen LogP contribution in [0, 0.1) is 12.8 Å². The number of rotatable bonds is 5. The van der Waals surface area contributed by atoms with Crippen molar-refractivity contribution in [2.45, 2.75) is 51.5 Å². The lowest BCUT2D eigenvalue weighted by atomic mass is 9.97. The molecule has 1 aliphatic carbocycles. The first kappa shape index (κ1) is 19.1. The topological polar surface area (TPSA) is 84.0 Å². The van der Waals surface area contributed by atoms with Crippen molar-refractivity contribution in [3.63, 3.8) is 0 Å². The lowest BCUT2D eigenvalue weighted by Gasteiger charge is -2.12. The predicted molar refractivity (Wildman–Crippen MR) is 106 cm³/mol. The Morgan fingerprint density at radius 3 is 2.77 bits per heavy atom. The average molecular weight is 393 g/mol. The van der Waals surface area contributed by atoms with E-state index in [1.165, 1.54) is 35.0 Å². The molecule has 0 saturated carbocycles. The first-order valence-electron chi connectivity index (χ1n) is 8.93. The number of thioether (sulfide) groups is 1. The van der Waals surface area contributed by atoms with Gasteiger partial charge in [-0.2, -0.15) is 0 Å². The van der Waals surface area contributed by atoms with Crippen LogP contribution in [-0.4, -0.2) is 34.2 Å². The number of amides is 3. The summed E-state index contributed by atoms with van der Waals surface area (Å²) in [6, 6.07) is -0.443. The summed E-state index contributed by atoms with van der Waals surface area (Å²) in [7, 11) is 0. The van der Waals surface area contributed by atoms with E-state index in [0.717, 1.165) is 28.1 Å². The summed E-state index contributed by atoms with van der Waals surface area (Å²) in [5.74, 6) is 0.899. The van der Waals surface area contributed by atoms with Gasteiger partial charge in [-0.05, 0) is 44.1 Å². The van der Waals surface area contributed by atoms with E-state index in [-0.39, 0.29) is 11.7 Å². The van der Waals surface area contributed by atoms with Gasteiger partial charge in [-0.1, -0.05) is 25.6 Å². The second-order valence-electron chi connectivity index (χ2n) is 6.91. The highest BCUT2D eigenvalue weighted by atomic mass is 32.2. The smallest absolute Gasteiger partial charge is 0.321 e. The molecule has 0 saturated heterocycles. The Morgan fingerprint density at radius 1 is 1.23 bits per heavy atom. The fraction of sp³-hybridized carbons (Fsp3) is 0.556. The molecule has 0 radical (unpaired) electrons. The molecular weight excluding hydrogens is 368 g/mol. The van der Waals surface area contributed by atoms with E-state index in [4.69, 9.17) is 0 Å². The molecule has 0 spiro atoms. The van der Waals surface area contributed by atoms with Crippen molar-refractivity contribution < 1.29 is 9.59 Å². The Kier molecular flexibility index (Phi) is 6.13. The number of hydrogen-bond donors (Lipinski definition) is 2. The monoisotopic (exact) mass is 392 g/mol. The van der Waals surface area contributed by atoms with E-state index in [0.29, 0.717) is 18.3 Å². The first-order chi connectivity index (χ1) is 12.4. The van der Waals surface area contributed by atoms with E-state index < -0.39 is 6.03 Å². The van der Waals surface area contributed by atoms with E-state index in [1.54, 1.807) is 11.3 Å². The fourth-order valence-corrected chi connectivity index (χ4v) is 5.24. The van der Waals surface area contributed by atoms with Crippen LogP contribution < -0.4 is 10.6 Å². The van der Waals surface area contributed by atoms with Gasteiger partial charge in [0.25, 0.3) is 0 Å². The molecule has 6 nitrogen and oxygen atoms in total. The van der Waals surface area contributed by atoms with Gasteiger partial charge in [0.1, 0.15) is 15.7 Å². The number of nitrogens with one attached hydrogen (secondary N) is 2. The van der Waals surface area contributed by atoms with Gasteiger partial charge in [0, 0.05) is 16.8 Å². The van der Waals surface area contributed by atoms with Crippen LogP contribution in [0.4, 0.5) is 4.79 Å². The van der Waals surface area contributed by atoms with Gasteiger partial charge in [0.05, 0.1) is 5.75 Å². The summed E-state index contributed by atoms with van der Waals surface area (Å²) in [5, 5.41) is 7.02. The zero-order valence-electron chi connectivity index (χ0n) is 15.3. The lowest BCUT2D eigenvalue weighted by Crippen LogP contribution is -2.41. The standard InChI is InChI=1S/C18H24N4O2S2/c1-10(2)8-19-18(24)22-14(23)9-25-16-15-12-6-4-5-7-13(12)26-17(15)21-11(3)20-16/h10H,4-9H2,1-3H3,(H2,19,22,23,24). The van der Waals surface area contributed by atoms with Crippen LogP contribution in [0.2, 0.25) is 0 Å². The Morgan fingerprint density at radius 2 is 2.00 bits per heavy atom. The summed E-state index contributed by atoms with van der Waals surface area (Å²) >= 11 is 3.13. The number of fused-ring (bicyclic) bond motifs is 3. The van der Waals surface area contributed by atoms with Crippen LogP contribution in [0.25, 0.3) is 10.2 Å². The van der Waals surface area contributed by atoms with Gasteiger partial charge in [-0.15, -0.1) is 11.3 Å². The van der Waals surface area contributed by atoms with Gasteiger partial charge in [-0.25, -0.2) is 14.8 Å². The predicted octanol–water partition coefficient (Wildman–Crippen LogP) is 3.45. The molecular formula is C18H24N4O2S2. The van der Waals surface area contributed by atoms with Crippen molar-refractivity contribution in [1.29, 1.82) is 0 Å². The molecule has 0 aliphatic heterocycles. The van der Waals surface area contributed by atoms with Gasteiger partial charge < -0.3 is 5.32 Å². The van der Waals surface area contributed by atoms with E-state index in [9.17, 15) is 9.59 Å². The van der Waals surface area contributed by atoms with Crippen molar-refractivity contribution in [2.75, 3.05) is 12.3 Å². The van der Waals surface area contributed by atoms with Crippen molar-refractivity contribution in [3.8, 4) is 0 Å². The second-order valence-corrected chi connectivity index (χ2v) is 8.96. The highest BCUT2D eigenvalue weighted by molar-refractivity contribution is 8.00. The van der Waals surface area contributed by atoms with E-state index in [2.05, 4.69) is 20.6 Å². The zero-order valence-corrected chi connectivity index (χ0v) is 17.0. The summed E-state index contributed by atoms with van der Waals surface area (Å²) < 4.78 is 0. The third kappa shape index (κ3) is 4.54. The molecule has 8 heteroatoms. The molecule has 2 aromatic heterocycles. The quantitative estimate of drug-likeness (QED) is 0.601. The number of aryl methyl sites for hydroxylation is 3. The molecule has 3 amide bonds. The van der Waals surface area contributed by atoms with Crippen molar-refractivity contribution in [1.82, 2.24) is 20.6 Å². The second kappa shape index (κ2) is 8.35. The molecule has 1 aliphatic rings. The van der Waals surface area contributed by atoms with Crippen LogP contribution in [0.5, 0.6) is 0 Å². The molecule has 3 rings (SSSR count). The average Bonchev–Trinajstić information content (AvgIpc) is 2.95. The third-order valence-corrected chi connectivity index (χ3v) is 6.32. The summed E-state index contributed by atoms with van der Waals surface area (Å²) in [4.78, 5) is 35.4. The number of carbonyl (C=O) groups is 2. The number of urea groups is 1. The molecule has 2 aromatic rings. The van der Waals surface area contributed by atoms with Gasteiger partial charge in [0.2, 0.25) is 5.91 Å². The summed E-state index contributed by atoms with van der Waals surface area (Å²) in [5.41, 5.74) is 1.36. The fourth-order valence-electron chi connectivity index (χ4n) is 2.97. The number of hydrogen-bond acceptors (Lipinski definition) is 6. The minimum Gasteiger partial charge on any atom is -0.338 e. The Balaban J connectivity index is 1.70. The normalized spacial score (nSPS) is 13.7. The van der Waals surface area contributed by atoms with Crippen LogP contribution in [0.15, 0.2) is 5.03 Å². The van der Waals surface area contributed by atoms with Gasteiger partial charge in [0.15, 0.2) is 0 Å². The molecule has 2 N–H and O–H groups in total. The Labute approximate surface area is 161 Å². The molecule has 2 heterocycles. The van der Waals surface area contributed by atoms with E-state index >= 15 is 0 Å². The minimum absolute atomic E-state index is 0.158.